The normalized spacial score (nSPS) is 22.1. The van der Waals surface area contributed by atoms with E-state index < -0.39 is 0 Å². The van der Waals surface area contributed by atoms with E-state index in [0.717, 1.165) is 62.4 Å². The van der Waals surface area contributed by atoms with Crippen LogP contribution >= 0.6 is 11.6 Å². The number of rotatable bonds is 4. The zero-order chi connectivity index (χ0) is 16.8. The van der Waals surface area contributed by atoms with Gasteiger partial charge in [0.25, 0.3) is 0 Å². The Kier molecular flexibility index (Phi) is 6.21. The van der Waals surface area contributed by atoms with Gasteiger partial charge in [0.05, 0.1) is 16.8 Å². The van der Waals surface area contributed by atoms with E-state index >= 15 is 0 Å². The van der Waals surface area contributed by atoms with Crippen LogP contribution in [0.3, 0.4) is 0 Å². The number of piperazine rings is 1. The first kappa shape index (κ1) is 17.4. The Hall–Kier alpha value is -1.46. The highest BCUT2D eigenvalue weighted by atomic mass is 35.5. The number of halogens is 1. The maximum Gasteiger partial charge on any atom is 0.193 e. The predicted octanol–water partition coefficient (Wildman–Crippen LogP) is 2.61. The molecule has 2 saturated heterocycles. The fraction of sp³-hybridized carbons (Fsp3) is 0.611. The standard InChI is InChI=1S/C18H27ClN4O/c1-20-18(21-9-8-15-5-4-14-24-15)23-12-10-22(11-13-23)17-7-3-2-6-16(17)19/h2-3,6-7,15H,4-5,8-14H2,1H3,(H,20,21). The molecule has 132 valence electrons. The summed E-state index contributed by atoms with van der Waals surface area (Å²) >= 11 is 6.31. The summed E-state index contributed by atoms with van der Waals surface area (Å²) in [6, 6.07) is 8.06. The lowest BCUT2D eigenvalue weighted by atomic mass is 10.2. The van der Waals surface area contributed by atoms with Crippen LogP contribution in [0.15, 0.2) is 29.3 Å². The zero-order valence-electron chi connectivity index (χ0n) is 14.4. The number of guanidine groups is 1. The molecule has 6 heteroatoms. The molecule has 1 unspecified atom stereocenters. The van der Waals surface area contributed by atoms with Crippen molar-refractivity contribution in [3.63, 3.8) is 0 Å². The molecule has 1 aromatic rings. The fourth-order valence-electron chi connectivity index (χ4n) is 3.42. The molecule has 2 heterocycles. The summed E-state index contributed by atoms with van der Waals surface area (Å²) in [5, 5.41) is 4.31. The third-order valence-corrected chi connectivity index (χ3v) is 5.08. The van der Waals surface area contributed by atoms with Gasteiger partial charge >= 0.3 is 0 Å². The minimum Gasteiger partial charge on any atom is -0.378 e. The number of nitrogens with zero attached hydrogens (tertiary/aromatic N) is 3. The van der Waals surface area contributed by atoms with Gasteiger partial charge < -0.3 is 19.9 Å². The Bertz CT molecular complexity index is 552. The Morgan fingerprint density at radius 2 is 2.08 bits per heavy atom. The number of ether oxygens (including phenoxy) is 1. The van der Waals surface area contributed by atoms with Crippen molar-refractivity contribution in [1.29, 1.82) is 0 Å². The van der Waals surface area contributed by atoms with Crippen LogP contribution in [0.2, 0.25) is 5.02 Å². The summed E-state index contributed by atoms with van der Waals surface area (Å²) in [5.41, 5.74) is 1.13. The van der Waals surface area contributed by atoms with Crippen LogP contribution < -0.4 is 10.2 Å². The minimum absolute atomic E-state index is 0.424. The van der Waals surface area contributed by atoms with Crippen molar-refractivity contribution in [1.82, 2.24) is 10.2 Å². The molecule has 2 aliphatic heterocycles. The van der Waals surface area contributed by atoms with Crippen molar-refractivity contribution in [3.05, 3.63) is 29.3 Å². The molecule has 3 rings (SSSR count). The fourth-order valence-corrected chi connectivity index (χ4v) is 3.67. The summed E-state index contributed by atoms with van der Waals surface area (Å²) in [4.78, 5) is 9.11. The van der Waals surface area contributed by atoms with Gasteiger partial charge in [-0.25, -0.2) is 0 Å². The number of anilines is 1. The van der Waals surface area contributed by atoms with Crippen molar-refractivity contribution in [3.8, 4) is 0 Å². The van der Waals surface area contributed by atoms with E-state index in [1.165, 1.54) is 12.8 Å². The van der Waals surface area contributed by atoms with E-state index in [2.05, 4.69) is 26.2 Å². The van der Waals surface area contributed by atoms with Gasteiger partial charge in [-0.2, -0.15) is 0 Å². The second kappa shape index (κ2) is 8.58. The highest BCUT2D eigenvalue weighted by Gasteiger charge is 2.21. The highest BCUT2D eigenvalue weighted by molar-refractivity contribution is 6.33. The molecular weight excluding hydrogens is 324 g/mol. The molecular formula is C18H27ClN4O. The molecule has 0 saturated carbocycles. The zero-order valence-corrected chi connectivity index (χ0v) is 15.1. The Labute approximate surface area is 149 Å². The molecule has 0 amide bonds. The van der Waals surface area contributed by atoms with Gasteiger partial charge in [-0.05, 0) is 31.4 Å². The average molecular weight is 351 g/mol. The number of hydrogen-bond acceptors (Lipinski definition) is 3. The minimum atomic E-state index is 0.424. The van der Waals surface area contributed by atoms with Crippen molar-refractivity contribution >= 4 is 23.2 Å². The van der Waals surface area contributed by atoms with Crippen molar-refractivity contribution in [2.45, 2.75) is 25.4 Å². The number of aliphatic imine (C=N–C) groups is 1. The SMILES string of the molecule is CN=C(NCCC1CCCO1)N1CCN(c2ccccc2Cl)CC1. The average Bonchev–Trinajstić information content (AvgIpc) is 3.13. The summed E-state index contributed by atoms with van der Waals surface area (Å²) in [5.74, 6) is 0.992. The lowest BCUT2D eigenvalue weighted by Gasteiger charge is -2.38. The van der Waals surface area contributed by atoms with Gasteiger partial charge in [0, 0.05) is 46.4 Å². The summed E-state index contributed by atoms with van der Waals surface area (Å²) in [6.07, 6.45) is 3.87. The Balaban J connectivity index is 1.46. The second-order valence-electron chi connectivity index (χ2n) is 6.32. The molecule has 0 spiro atoms. The number of hydrogen-bond donors (Lipinski definition) is 1. The largest absolute Gasteiger partial charge is 0.378 e. The predicted molar refractivity (Wildman–Crippen MR) is 100 cm³/mol. The van der Waals surface area contributed by atoms with Crippen molar-refractivity contribution in [2.75, 3.05) is 51.3 Å². The van der Waals surface area contributed by atoms with Crippen LogP contribution in [0.1, 0.15) is 19.3 Å². The van der Waals surface area contributed by atoms with Gasteiger partial charge in [-0.3, -0.25) is 4.99 Å². The van der Waals surface area contributed by atoms with Crippen molar-refractivity contribution in [2.24, 2.45) is 4.99 Å². The number of benzene rings is 1. The monoisotopic (exact) mass is 350 g/mol. The number of nitrogens with one attached hydrogen (secondary N) is 1. The van der Waals surface area contributed by atoms with E-state index in [1.807, 2.05) is 25.2 Å². The molecule has 2 aliphatic rings. The maximum absolute atomic E-state index is 6.31. The third kappa shape index (κ3) is 4.33. The first-order valence-electron chi connectivity index (χ1n) is 8.84. The van der Waals surface area contributed by atoms with E-state index in [1.54, 1.807) is 0 Å². The lowest BCUT2D eigenvalue weighted by molar-refractivity contribution is 0.105. The van der Waals surface area contributed by atoms with Gasteiger partial charge in [0.1, 0.15) is 0 Å². The van der Waals surface area contributed by atoms with E-state index in [0.29, 0.717) is 6.10 Å². The molecule has 2 fully saturated rings. The van der Waals surface area contributed by atoms with Crippen LogP contribution in [0, 0.1) is 0 Å². The van der Waals surface area contributed by atoms with Crippen LogP contribution in [0.4, 0.5) is 5.69 Å². The maximum atomic E-state index is 6.31. The van der Waals surface area contributed by atoms with E-state index in [4.69, 9.17) is 16.3 Å². The van der Waals surface area contributed by atoms with Gasteiger partial charge in [-0.1, -0.05) is 23.7 Å². The Morgan fingerprint density at radius 3 is 2.75 bits per heavy atom. The van der Waals surface area contributed by atoms with E-state index in [-0.39, 0.29) is 0 Å². The molecule has 1 atom stereocenters. The summed E-state index contributed by atoms with van der Waals surface area (Å²) < 4.78 is 5.68. The third-order valence-electron chi connectivity index (χ3n) is 4.76. The molecule has 0 radical (unpaired) electrons. The van der Waals surface area contributed by atoms with Crippen molar-refractivity contribution < 1.29 is 4.74 Å². The molecule has 0 aromatic heterocycles. The molecule has 0 aliphatic carbocycles. The van der Waals surface area contributed by atoms with Crippen LogP contribution in [-0.4, -0.2) is 63.3 Å². The highest BCUT2D eigenvalue weighted by Crippen LogP contribution is 2.26. The smallest absolute Gasteiger partial charge is 0.193 e. The van der Waals surface area contributed by atoms with Gasteiger partial charge in [-0.15, -0.1) is 0 Å². The quantitative estimate of drug-likeness (QED) is 0.669. The van der Waals surface area contributed by atoms with Crippen LogP contribution in [0.5, 0.6) is 0 Å². The van der Waals surface area contributed by atoms with Gasteiger partial charge in [0.2, 0.25) is 0 Å². The number of para-hydroxylation sites is 1. The lowest BCUT2D eigenvalue weighted by Crippen LogP contribution is -2.52. The van der Waals surface area contributed by atoms with Gasteiger partial charge in [0.15, 0.2) is 5.96 Å². The first-order chi connectivity index (χ1) is 11.8. The molecule has 5 nitrogen and oxygen atoms in total. The summed E-state index contributed by atoms with van der Waals surface area (Å²) in [7, 11) is 1.86. The molecule has 1 N–H and O–H groups in total. The summed E-state index contributed by atoms with van der Waals surface area (Å²) in [6.45, 7) is 5.65. The molecule has 0 bridgehead atoms. The second-order valence-corrected chi connectivity index (χ2v) is 6.73. The topological polar surface area (TPSA) is 40.1 Å². The first-order valence-corrected chi connectivity index (χ1v) is 9.22. The molecule has 1 aromatic carbocycles. The van der Waals surface area contributed by atoms with E-state index in [9.17, 15) is 0 Å². The Morgan fingerprint density at radius 1 is 1.29 bits per heavy atom. The molecule has 24 heavy (non-hydrogen) atoms. The van der Waals surface area contributed by atoms with Crippen LogP contribution in [-0.2, 0) is 4.74 Å². The van der Waals surface area contributed by atoms with Crippen LogP contribution in [0.25, 0.3) is 0 Å².